The summed E-state index contributed by atoms with van der Waals surface area (Å²) in [5.74, 6) is 0.505. The number of aromatic nitrogens is 2. The van der Waals surface area contributed by atoms with Gasteiger partial charge in [0, 0.05) is 19.6 Å². The molecule has 0 N–H and O–H groups in total. The second-order valence-corrected chi connectivity index (χ2v) is 9.65. The number of rotatable bonds is 7. The molecule has 2 aromatic rings. The van der Waals surface area contributed by atoms with Crippen molar-refractivity contribution in [3.63, 3.8) is 0 Å². The van der Waals surface area contributed by atoms with E-state index in [1.807, 2.05) is 29.2 Å². The van der Waals surface area contributed by atoms with Crippen molar-refractivity contribution in [2.75, 3.05) is 38.5 Å². The van der Waals surface area contributed by atoms with Gasteiger partial charge in [-0.3, -0.25) is 14.2 Å². The molecule has 4 rings (SSSR count). The number of hydrogen-bond donors (Lipinski definition) is 0. The summed E-state index contributed by atoms with van der Waals surface area (Å²) in [7, 11) is 0. The van der Waals surface area contributed by atoms with Crippen LogP contribution in [0.15, 0.2) is 34.2 Å². The molecule has 31 heavy (non-hydrogen) atoms. The minimum Gasteiger partial charge on any atom is -0.342 e. The fraction of sp³-hybridized carbons (Fsp3) is 0.625. The fourth-order valence-corrected chi connectivity index (χ4v) is 5.56. The van der Waals surface area contributed by atoms with Crippen LogP contribution >= 0.6 is 11.8 Å². The van der Waals surface area contributed by atoms with Crippen LogP contribution in [-0.2, 0) is 11.3 Å². The monoisotopic (exact) mass is 442 g/mol. The Bertz CT molecular complexity index is 931. The van der Waals surface area contributed by atoms with Crippen molar-refractivity contribution >= 4 is 28.6 Å². The van der Waals surface area contributed by atoms with E-state index in [0.717, 1.165) is 52.0 Å². The van der Waals surface area contributed by atoms with Gasteiger partial charge in [-0.25, -0.2) is 4.98 Å². The summed E-state index contributed by atoms with van der Waals surface area (Å²) >= 11 is 1.42. The van der Waals surface area contributed by atoms with Gasteiger partial charge in [0.25, 0.3) is 5.56 Å². The first-order valence-corrected chi connectivity index (χ1v) is 12.8. The summed E-state index contributed by atoms with van der Waals surface area (Å²) in [6.07, 6.45) is 9.40. The van der Waals surface area contributed by atoms with Crippen LogP contribution in [0.5, 0.6) is 0 Å². The average molecular weight is 443 g/mol. The first-order valence-electron chi connectivity index (χ1n) is 11.8. The third kappa shape index (κ3) is 5.89. The third-order valence-electron chi connectivity index (χ3n) is 6.41. The Morgan fingerprint density at radius 3 is 2.35 bits per heavy atom. The zero-order valence-corrected chi connectivity index (χ0v) is 19.2. The number of hydrogen-bond acceptors (Lipinski definition) is 5. The number of fused-ring (bicyclic) bond motifs is 1. The highest BCUT2D eigenvalue weighted by Gasteiger charge is 2.18. The van der Waals surface area contributed by atoms with Crippen LogP contribution in [-0.4, -0.2) is 63.7 Å². The van der Waals surface area contributed by atoms with E-state index in [0.29, 0.717) is 28.4 Å². The third-order valence-corrected chi connectivity index (χ3v) is 7.38. The second-order valence-electron chi connectivity index (χ2n) is 8.71. The smallest absolute Gasteiger partial charge is 0.262 e. The van der Waals surface area contributed by atoms with Crippen molar-refractivity contribution in [2.45, 2.75) is 63.1 Å². The van der Waals surface area contributed by atoms with E-state index in [2.05, 4.69) is 4.90 Å². The summed E-state index contributed by atoms with van der Waals surface area (Å²) in [5.41, 5.74) is 0.721. The van der Waals surface area contributed by atoms with E-state index in [1.54, 1.807) is 4.57 Å². The lowest BCUT2D eigenvalue weighted by Crippen LogP contribution is -2.34. The van der Waals surface area contributed by atoms with Gasteiger partial charge in [-0.2, -0.15) is 0 Å². The molecule has 2 aliphatic heterocycles. The molecule has 1 amide bonds. The molecule has 0 radical (unpaired) electrons. The largest absolute Gasteiger partial charge is 0.342 e. The van der Waals surface area contributed by atoms with Crippen molar-refractivity contribution in [1.82, 2.24) is 19.4 Å². The van der Waals surface area contributed by atoms with Crippen molar-refractivity contribution in [2.24, 2.45) is 0 Å². The molecule has 0 unspecified atom stereocenters. The molecule has 7 heteroatoms. The number of likely N-dealkylation sites (tertiary alicyclic amines) is 2. The van der Waals surface area contributed by atoms with Crippen LogP contribution in [0, 0.1) is 0 Å². The highest BCUT2D eigenvalue weighted by molar-refractivity contribution is 7.99. The predicted molar refractivity (Wildman–Crippen MR) is 127 cm³/mol. The van der Waals surface area contributed by atoms with E-state index >= 15 is 0 Å². The number of amides is 1. The summed E-state index contributed by atoms with van der Waals surface area (Å²) in [6, 6.07) is 7.53. The summed E-state index contributed by atoms with van der Waals surface area (Å²) in [4.78, 5) is 35.3. The van der Waals surface area contributed by atoms with E-state index in [9.17, 15) is 9.59 Å². The number of thioether (sulfide) groups is 1. The van der Waals surface area contributed by atoms with Gasteiger partial charge >= 0.3 is 0 Å². The Morgan fingerprint density at radius 1 is 0.903 bits per heavy atom. The Balaban J connectivity index is 1.47. The molecule has 168 valence electrons. The Hall–Kier alpha value is -1.86. The summed E-state index contributed by atoms with van der Waals surface area (Å²) < 4.78 is 1.80. The quantitative estimate of drug-likeness (QED) is 0.483. The SMILES string of the molecule is O=C(CSc1nc2ccccc2c(=O)n1CCCN1CCCCC1)N1CCCCCC1. The Morgan fingerprint density at radius 2 is 1.58 bits per heavy atom. The van der Waals surface area contributed by atoms with Gasteiger partial charge in [-0.05, 0) is 63.9 Å². The second kappa shape index (κ2) is 11.1. The Kier molecular flexibility index (Phi) is 8.03. The number of piperidine rings is 1. The van der Waals surface area contributed by atoms with Crippen molar-refractivity contribution in [1.29, 1.82) is 0 Å². The van der Waals surface area contributed by atoms with Crippen molar-refractivity contribution in [3.05, 3.63) is 34.6 Å². The van der Waals surface area contributed by atoms with Crippen LogP contribution in [0.25, 0.3) is 10.9 Å². The van der Waals surface area contributed by atoms with Gasteiger partial charge in [-0.15, -0.1) is 0 Å². The van der Waals surface area contributed by atoms with E-state index in [4.69, 9.17) is 4.98 Å². The average Bonchev–Trinajstić information content (AvgIpc) is 3.10. The number of carbonyl (C=O) groups excluding carboxylic acids is 1. The predicted octanol–water partition coefficient (Wildman–Crippen LogP) is 3.77. The van der Waals surface area contributed by atoms with Crippen molar-refractivity contribution < 1.29 is 4.79 Å². The minimum atomic E-state index is 0.00830. The molecule has 0 bridgehead atoms. The van der Waals surface area contributed by atoms with Crippen LogP contribution in [0.2, 0.25) is 0 Å². The van der Waals surface area contributed by atoms with E-state index in [-0.39, 0.29) is 11.5 Å². The first kappa shape index (κ1) is 22.3. The molecule has 0 atom stereocenters. The molecule has 6 nitrogen and oxygen atoms in total. The highest BCUT2D eigenvalue weighted by Crippen LogP contribution is 2.20. The van der Waals surface area contributed by atoms with Gasteiger partial charge in [0.2, 0.25) is 5.91 Å². The lowest BCUT2D eigenvalue weighted by molar-refractivity contribution is -0.128. The van der Waals surface area contributed by atoms with Crippen molar-refractivity contribution in [3.8, 4) is 0 Å². The van der Waals surface area contributed by atoms with Gasteiger partial charge in [0.1, 0.15) is 0 Å². The molecular weight excluding hydrogens is 408 g/mol. The van der Waals surface area contributed by atoms with Gasteiger partial charge in [0.05, 0.1) is 16.7 Å². The molecule has 0 aliphatic carbocycles. The first-order chi connectivity index (χ1) is 15.2. The molecule has 1 aromatic carbocycles. The van der Waals surface area contributed by atoms with Crippen LogP contribution < -0.4 is 5.56 Å². The zero-order chi connectivity index (χ0) is 21.5. The number of carbonyl (C=O) groups is 1. The molecule has 2 fully saturated rings. The molecule has 0 saturated carbocycles. The van der Waals surface area contributed by atoms with E-state index < -0.39 is 0 Å². The molecule has 0 spiro atoms. The maximum Gasteiger partial charge on any atom is 0.262 e. The highest BCUT2D eigenvalue weighted by atomic mass is 32.2. The zero-order valence-electron chi connectivity index (χ0n) is 18.4. The van der Waals surface area contributed by atoms with Crippen LogP contribution in [0.4, 0.5) is 0 Å². The summed E-state index contributed by atoms with van der Waals surface area (Å²) in [5, 5.41) is 1.33. The molecular formula is C24H34N4O2S. The van der Waals surface area contributed by atoms with Gasteiger partial charge in [0.15, 0.2) is 5.16 Å². The molecule has 2 saturated heterocycles. The lowest BCUT2D eigenvalue weighted by Gasteiger charge is -2.26. The normalized spacial score (nSPS) is 18.3. The summed E-state index contributed by atoms with van der Waals surface area (Å²) in [6.45, 7) is 5.69. The van der Waals surface area contributed by atoms with Gasteiger partial charge in [-0.1, -0.05) is 43.2 Å². The standard InChI is InChI=1S/C24H34N4O2S/c29-22(27-16-8-1-2-9-17-27)19-31-24-25-21-12-5-4-11-20(21)23(30)28(24)18-10-15-26-13-6-3-7-14-26/h4-5,11-12H,1-3,6-10,13-19H2. The number of nitrogens with zero attached hydrogens (tertiary/aromatic N) is 4. The van der Waals surface area contributed by atoms with Crippen LogP contribution in [0.3, 0.4) is 0 Å². The topological polar surface area (TPSA) is 58.4 Å². The number of para-hydroxylation sites is 1. The number of benzene rings is 1. The maximum absolute atomic E-state index is 13.2. The molecule has 2 aliphatic rings. The Labute approximate surface area is 189 Å². The molecule has 3 heterocycles. The lowest BCUT2D eigenvalue weighted by atomic mass is 10.1. The van der Waals surface area contributed by atoms with E-state index in [1.165, 1.54) is 43.9 Å². The maximum atomic E-state index is 13.2. The molecule has 1 aromatic heterocycles. The van der Waals surface area contributed by atoms with Gasteiger partial charge < -0.3 is 9.80 Å². The minimum absolute atomic E-state index is 0.00830. The van der Waals surface area contributed by atoms with Crippen LogP contribution in [0.1, 0.15) is 51.4 Å². The fourth-order valence-electron chi connectivity index (χ4n) is 4.63.